The van der Waals surface area contributed by atoms with Gasteiger partial charge < -0.3 is 10.5 Å². The van der Waals surface area contributed by atoms with Gasteiger partial charge in [0.25, 0.3) is 0 Å². The van der Waals surface area contributed by atoms with Gasteiger partial charge in [-0.25, -0.2) is 18.4 Å². The van der Waals surface area contributed by atoms with E-state index in [-0.39, 0.29) is 0 Å². The number of methoxy groups -OCH3 is 1. The van der Waals surface area contributed by atoms with E-state index in [0.29, 0.717) is 23.1 Å². The number of nitrogen functional groups attached to an aromatic ring is 1. The summed E-state index contributed by atoms with van der Waals surface area (Å²) in [7, 11) is -1.97. The zero-order valence-electron chi connectivity index (χ0n) is 13.7. The van der Waals surface area contributed by atoms with E-state index in [2.05, 4.69) is 14.7 Å². The summed E-state index contributed by atoms with van der Waals surface area (Å²) < 4.78 is 32.7. The Bertz CT molecular complexity index is 1010. The van der Waals surface area contributed by atoms with Gasteiger partial charge in [0.2, 0.25) is 10.0 Å². The maximum Gasteiger partial charge on any atom is 0.229 e. The average Bonchev–Trinajstić information content (AvgIpc) is 3.03. The number of anilines is 2. The molecule has 0 bridgehead atoms. The first-order valence-corrected chi connectivity index (χ1v) is 9.18. The number of sulfonamides is 1. The van der Waals surface area contributed by atoms with Gasteiger partial charge in [0.1, 0.15) is 17.4 Å². The fourth-order valence-corrected chi connectivity index (χ4v) is 3.00. The van der Waals surface area contributed by atoms with Crippen LogP contribution >= 0.6 is 0 Å². The van der Waals surface area contributed by atoms with Crippen LogP contribution in [0.4, 0.5) is 11.5 Å². The number of hydrogen-bond donors (Lipinski definition) is 2. The molecule has 0 amide bonds. The largest absolute Gasteiger partial charge is 0.495 e. The van der Waals surface area contributed by atoms with Crippen LogP contribution in [0.25, 0.3) is 17.1 Å². The molecule has 0 unspecified atom stereocenters. The summed E-state index contributed by atoms with van der Waals surface area (Å²) in [6.45, 7) is 0. The SMILES string of the molecule is COc1ccc(-n2ccnc2-c2ccnc(N)c2)cc1NS(C)(=O)=O. The third-order valence-corrected chi connectivity index (χ3v) is 4.03. The Morgan fingerprint density at radius 3 is 2.64 bits per heavy atom. The van der Waals surface area contributed by atoms with E-state index in [1.165, 1.54) is 7.11 Å². The van der Waals surface area contributed by atoms with Crippen LogP contribution in [0.15, 0.2) is 48.9 Å². The second-order valence-electron chi connectivity index (χ2n) is 5.35. The summed E-state index contributed by atoms with van der Waals surface area (Å²) in [4.78, 5) is 8.34. The molecule has 3 rings (SSSR count). The fraction of sp³-hybridized carbons (Fsp3) is 0.125. The second-order valence-corrected chi connectivity index (χ2v) is 7.10. The molecule has 0 radical (unpaired) electrons. The van der Waals surface area contributed by atoms with Gasteiger partial charge in [0, 0.05) is 29.8 Å². The highest BCUT2D eigenvalue weighted by Gasteiger charge is 2.13. The van der Waals surface area contributed by atoms with Crippen molar-refractivity contribution in [3.05, 3.63) is 48.9 Å². The van der Waals surface area contributed by atoms with Gasteiger partial charge in [0.05, 0.1) is 19.1 Å². The summed E-state index contributed by atoms with van der Waals surface area (Å²) in [5.41, 5.74) is 7.60. The van der Waals surface area contributed by atoms with Crippen molar-refractivity contribution in [2.75, 3.05) is 23.8 Å². The Balaban J connectivity index is 2.09. The lowest BCUT2D eigenvalue weighted by atomic mass is 10.2. The molecule has 8 nitrogen and oxygen atoms in total. The molecule has 25 heavy (non-hydrogen) atoms. The highest BCUT2D eigenvalue weighted by Crippen LogP contribution is 2.30. The number of nitrogens with two attached hydrogens (primary N) is 1. The number of imidazole rings is 1. The molecule has 0 saturated carbocycles. The standard InChI is InChI=1S/C16H17N5O3S/c1-24-14-4-3-12(10-13(14)20-25(2,22)23)21-8-7-19-16(21)11-5-6-18-15(17)9-11/h3-10,20H,1-2H3,(H2,17,18). The molecule has 2 aromatic heterocycles. The molecule has 0 aliphatic rings. The van der Waals surface area contributed by atoms with Crippen molar-refractivity contribution < 1.29 is 13.2 Å². The fourth-order valence-electron chi connectivity index (χ4n) is 2.44. The first kappa shape index (κ1) is 16.8. The number of benzene rings is 1. The lowest BCUT2D eigenvalue weighted by molar-refractivity contribution is 0.417. The van der Waals surface area contributed by atoms with E-state index in [1.807, 2.05) is 10.6 Å². The van der Waals surface area contributed by atoms with Crippen LogP contribution in [0.2, 0.25) is 0 Å². The predicted molar refractivity (Wildman–Crippen MR) is 96.2 cm³/mol. The zero-order chi connectivity index (χ0) is 18.0. The Morgan fingerprint density at radius 1 is 1.16 bits per heavy atom. The number of nitrogens with zero attached hydrogens (tertiary/aromatic N) is 3. The van der Waals surface area contributed by atoms with E-state index in [4.69, 9.17) is 10.5 Å². The Hall–Kier alpha value is -3.07. The Kier molecular flexibility index (Phi) is 4.32. The topological polar surface area (TPSA) is 112 Å². The van der Waals surface area contributed by atoms with Gasteiger partial charge in [0.15, 0.2) is 0 Å². The number of aromatic nitrogens is 3. The minimum absolute atomic E-state index is 0.344. The maximum absolute atomic E-state index is 11.6. The second kappa shape index (κ2) is 6.44. The lowest BCUT2D eigenvalue weighted by Crippen LogP contribution is -2.11. The van der Waals surface area contributed by atoms with E-state index in [9.17, 15) is 8.42 Å². The van der Waals surface area contributed by atoms with E-state index in [0.717, 1.165) is 17.5 Å². The van der Waals surface area contributed by atoms with Gasteiger partial charge >= 0.3 is 0 Å². The highest BCUT2D eigenvalue weighted by atomic mass is 32.2. The van der Waals surface area contributed by atoms with Crippen LogP contribution in [-0.2, 0) is 10.0 Å². The van der Waals surface area contributed by atoms with Gasteiger partial charge in [-0.3, -0.25) is 9.29 Å². The molecule has 1 aromatic carbocycles. The number of pyridine rings is 1. The minimum Gasteiger partial charge on any atom is -0.495 e. The van der Waals surface area contributed by atoms with Crippen LogP contribution in [-0.4, -0.2) is 36.3 Å². The van der Waals surface area contributed by atoms with Gasteiger partial charge in [-0.2, -0.15) is 0 Å². The van der Waals surface area contributed by atoms with E-state index >= 15 is 0 Å². The third kappa shape index (κ3) is 3.72. The molecule has 3 N–H and O–H groups in total. The summed E-state index contributed by atoms with van der Waals surface area (Å²) in [5, 5.41) is 0. The molecule has 0 spiro atoms. The first-order chi connectivity index (χ1) is 11.9. The van der Waals surface area contributed by atoms with Crippen molar-refractivity contribution >= 4 is 21.5 Å². The lowest BCUT2D eigenvalue weighted by Gasteiger charge is -2.14. The smallest absolute Gasteiger partial charge is 0.229 e. The van der Waals surface area contributed by atoms with Crippen molar-refractivity contribution in [2.45, 2.75) is 0 Å². The molecule has 0 aliphatic heterocycles. The van der Waals surface area contributed by atoms with E-state index in [1.54, 1.807) is 42.9 Å². The van der Waals surface area contributed by atoms with Crippen molar-refractivity contribution in [1.82, 2.24) is 14.5 Å². The van der Waals surface area contributed by atoms with Gasteiger partial charge in [-0.05, 0) is 30.3 Å². The van der Waals surface area contributed by atoms with Crippen molar-refractivity contribution in [3.63, 3.8) is 0 Å². The number of hydrogen-bond acceptors (Lipinski definition) is 6. The molecular formula is C16H17N5O3S. The third-order valence-electron chi connectivity index (χ3n) is 3.44. The maximum atomic E-state index is 11.6. The Morgan fingerprint density at radius 2 is 1.96 bits per heavy atom. The molecule has 0 saturated heterocycles. The predicted octanol–water partition coefficient (Wildman–Crippen LogP) is 1.90. The molecule has 3 aromatic rings. The normalized spacial score (nSPS) is 11.3. The van der Waals surface area contributed by atoms with Crippen molar-refractivity contribution in [3.8, 4) is 22.8 Å². The van der Waals surface area contributed by atoms with Crippen LogP contribution < -0.4 is 15.2 Å². The summed E-state index contributed by atoms with van der Waals surface area (Å²) in [6, 6.07) is 8.69. The number of ether oxygens (including phenoxy) is 1. The Labute approximate surface area is 145 Å². The van der Waals surface area contributed by atoms with Crippen LogP contribution in [0, 0.1) is 0 Å². The summed E-state index contributed by atoms with van der Waals surface area (Å²) >= 11 is 0. The average molecular weight is 359 g/mol. The van der Waals surface area contributed by atoms with Gasteiger partial charge in [-0.1, -0.05) is 0 Å². The zero-order valence-corrected chi connectivity index (χ0v) is 14.5. The summed E-state index contributed by atoms with van der Waals surface area (Å²) in [5.74, 6) is 1.47. The molecule has 130 valence electrons. The molecule has 0 fully saturated rings. The quantitative estimate of drug-likeness (QED) is 0.719. The van der Waals surface area contributed by atoms with Gasteiger partial charge in [-0.15, -0.1) is 0 Å². The van der Waals surface area contributed by atoms with Crippen molar-refractivity contribution in [2.24, 2.45) is 0 Å². The molecule has 0 atom stereocenters. The minimum atomic E-state index is -3.44. The highest BCUT2D eigenvalue weighted by molar-refractivity contribution is 7.92. The van der Waals surface area contributed by atoms with Crippen molar-refractivity contribution in [1.29, 1.82) is 0 Å². The molecule has 2 heterocycles. The van der Waals surface area contributed by atoms with Crippen LogP contribution in [0.3, 0.4) is 0 Å². The number of rotatable bonds is 5. The number of nitrogens with one attached hydrogen (secondary N) is 1. The molecular weight excluding hydrogens is 342 g/mol. The summed E-state index contributed by atoms with van der Waals surface area (Å²) in [6.07, 6.45) is 6.12. The molecule has 9 heteroatoms. The van der Waals surface area contributed by atoms with Crippen LogP contribution in [0.1, 0.15) is 0 Å². The van der Waals surface area contributed by atoms with E-state index < -0.39 is 10.0 Å². The first-order valence-electron chi connectivity index (χ1n) is 7.29. The monoisotopic (exact) mass is 359 g/mol. The molecule has 0 aliphatic carbocycles. The van der Waals surface area contributed by atoms with Crippen LogP contribution in [0.5, 0.6) is 5.75 Å².